The second-order valence-electron chi connectivity index (χ2n) is 3.99. The van der Waals surface area contributed by atoms with Crippen LogP contribution in [0.15, 0.2) is 6.33 Å². The number of carbonyl (C=O) groups is 1. The highest BCUT2D eigenvalue weighted by Gasteiger charge is 2.38. The van der Waals surface area contributed by atoms with Gasteiger partial charge in [-0.25, -0.2) is 14.8 Å². The number of carbonyl (C=O) groups excluding carboxylic acids is 1. The molecule has 18 heavy (non-hydrogen) atoms. The molecule has 8 nitrogen and oxygen atoms in total. The van der Waals surface area contributed by atoms with Crippen molar-refractivity contribution in [3.8, 4) is 0 Å². The zero-order valence-corrected chi connectivity index (χ0v) is 9.97. The number of hydrogen-bond acceptors (Lipinski definition) is 8. The summed E-state index contributed by atoms with van der Waals surface area (Å²) in [5.41, 5.74) is -1.38. The average molecular weight is 254 g/mol. The molecule has 0 saturated carbocycles. The predicted octanol–water partition coefficient (Wildman–Crippen LogP) is -0.482. The van der Waals surface area contributed by atoms with Crippen molar-refractivity contribution in [3.05, 3.63) is 12.0 Å². The molecule has 0 radical (unpaired) electrons. The summed E-state index contributed by atoms with van der Waals surface area (Å²) in [4.78, 5) is 19.4. The fourth-order valence-corrected chi connectivity index (χ4v) is 1.56. The van der Waals surface area contributed by atoms with Crippen LogP contribution in [0.5, 0.6) is 0 Å². The number of aliphatic hydroxyl groups excluding tert-OH is 1. The van der Waals surface area contributed by atoms with Crippen molar-refractivity contribution in [3.63, 3.8) is 0 Å². The summed E-state index contributed by atoms with van der Waals surface area (Å²) < 4.78 is 4.84. The summed E-state index contributed by atoms with van der Waals surface area (Å²) in [5, 5.41) is 24.7. The van der Waals surface area contributed by atoms with Crippen LogP contribution in [0.1, 0.15) is 24.3 Å². The molecule has 0 amide bonds. The molecule has 8 heteroatoms. The van der Waals surface area contributed by atoms with Crippen LogP contribution >= 0.6 is 0 Å². The molecule has 1 aliphatic heterocycles. The molecule has 1 aromatic rings. The van der Waals surface area contributed by atoms with Crippen LogP contribution in [0, 0.1) is 0 Å². The van der Waals surface area contributed by atoms with Crippen molar-refractivity contribution in [2.24, 2.45) is 0 Å². The maximum absolute atomic E-state index is 11.7. The van der Waals surface area contributed by atoms with E-state index in [-0.39, 0.29) is 23.8 Å². The van der Waals surface area contributed by atoms with Crippen LogP contribution in [0.3, 0.4) is 0 Å². The van der Waals surface area contributed by atoms with Crippen molar-refractivity contribution in [2.75, 3.05) is 17.2 Å². The Morgan fingerprint density at radius 1 is 1.61 bits per heavy atom. The van der Waals surface area contributed by atoms with E-state index in [0.717, 1.165) is 0 Å². The first-order valence-corrected chi connectivity index (χ1v) is 5.43. The van der Waals surface area contributed by atoms with E-state index in [1.165, 1.54) is 13.3 Å². The lowest BCUT2D eigenvalue weighted by atomic mass is 10.1. The van der Waals surface area contributed by atoms with Crippen molar-refractivity contribution in [1.29, 1.82) is 0 Å². The highest BCUT2D eigenvalue weighted by atomic mass is 16.5. The number of aromatic nitrogens is 2. The molecular weight excluding hydrogens is 240 g/mol. The molecule has 2 rings (SSSR count). The van der Waals surface area contributed by atoms with Crippen LogP contribution in [-0.4, -0.2) is 44.7 Å². The molecule has 0 aliphatic carbocycles. The fraction of sp³-hybridized carbons (Fsp3) is 0.500. The van der Waals surface area contributed by atoms with E-state index in [2.05, 4.69) is 20.6 Å². The fourth-order valence-electron chi connectivity index (χ4n) is 1.56. The molecule has 0 fully saturated rings. The Morgan fingerprint density at radius 2 is 2.33 bits per heavy atom. The van der Waals surface area contributed by atoms with Gasteiger partial charge >= 0.3 is 5.97 Å². The third kappa shape index (κ3) is 2.07. The van der Waals surface area contributed by atoms with E-state index < -0.39 is 17.9 Å². The van der Waals surface area contributed by atoms with Gasteiger partial charge in [-0.2, -0.15) is 0 Å². The first kappa shape index (κ1) is 12.5. The van der Waals surface area contributed by atoms with Crippen LogP contribution in [0.25, 0.3) is 0 Å². The van der Waals surface area contributed by atoms with Crippen LogP contribution in [0.4, 0.5) is 11.5 Å². The third-order valence-electron chi connectivity index (χ3n) is 2.50. The Labute approximate surface area is 103 Å². The molecule has 98 valence electrons. The second-order valence-corrected chi connectivity index (χ2v) is 3.99. The smallest absolute Gasteiger partial charge is 0.359 e. The number of aliphatic hydroxyl groups is 2. The zero-order valence-electron chi connectivity index (χ0n) is 9.97. The molecule has 1 aromatic heterocycles. The van der Waals surface area contributed by atoms with Crippen molar-refractivity contribution in [2.45, 2.75) is 25.8 Å². The van der Waals surface area contributed by atoms with E-state index in [1.54, 1.807) is 6.92 Å². The minimum absolute atomic E-state index is 0.00361. The predicted molar refractivity (Wildman–Crippen MR) is 61.9 cm³/mol. The second kappa shape index (κ2) is 4.39. The minimum Gasteiger partial charge on any atom is -0.461 e. The van der Waals surface area contributed by atoms with Crippen LogP contribution in [0.2, 0.25) is 0 Å². The topological polar surface area (TPSA) is 117 Å². The van der Waals surface area contributed by atoms with Gasteiger partial charge in [0.2, 0.25) is 0 Å². The van der Waals surface area contributed by atoms with Gasteiger partial charge in [0.25, 0.3) is 0 Å². The Kier molecular flexibility index (Phi) is 3.05. The Bertz CT molecular complexity index is 477. The number of ether oxygens (including phenoxy) is 1. The van der Waals surface area contributed by atoms with Gasteiger partial charge in [-0.15, -0.1) is 0 Å². The van der Waals surface area contributed by atoms with Gasteiger partial charge in [0.05, 0.1) is 6.61 Å². The van der Waals surface area contributed by atoms with E-state index in [1.807, 2.05) is 0 Å². The number of fused-ring (bicyclic) bond motifs is 1. The number of nitrogens with one attached hydrogen (secondary N) is 2. The van der Waals surface area contributed by atoms with Gasteiger partial charge in [-0.1, -0.05) is 0 Å². The molecule has 2 unspecified atom stereocenters. The molecule has 0 aromatic carbocycles. The zero-order chi connectivity index (χ0) is 13.3. The summed E-state index contributed by atoms with van der Waals surface area (Å²) in [6, 6.07) is 0. The van der Waals surface area contributed by atoms with Crippen LogP contribution in [-0.2, 0) is 4.74 Å². The van der Waals surface area contributed by atoms with E-state index in [0.29, 0.717) is 0 Å². The molecular formula is C10H14N4O4. The lowest BCUT2D eigenvalue weighted by Crippen LogP contribution is -2.54. The number of esters is 1. The van der Waals surface area contributed by atoms with Gasteiger partial charge in [-0.3, -0.25) is 0 Å². The van der Waals surface area contributed by atoms with Crippen molar-refractivity contribution < 1.29 is 19.7 Å². The monoisotopic (exact) mass is 254 g/mol. The molecule has 0 saturated heterocycles. The average Bonchev–Trinajstić information content (AvgIpc) is 2.29. The molecule has 4 N–H and O–H groups in total. The Balaban J connectivity index is 2.40. The Hall–Kier alpha value is -1.93. The van der Waals surface area contributed by atoms with Crippen molar-refractivity contribution in [1.82, 2.24) is 9.97 Å². The van der Waals surface area contributed by atoms with Gasteiger partial charge in [0.15, 0.2) is 23.5 Å². The first-order chi connectivity index (χ1) is 8.45. The quantitative estimate of drug-likeness (QED) is 0.523. The normalized spacial score (nSPS) is 25.7. The minimum atomic E-state index is -1.59. The summed E-state index contributed by atoms with van der Waals surface area (Å²) >= 11 is 0. The number of rotatable bonds is 2. The maximum atomic E-state index is 11.7. The standard InChI is InChI=1S/C10H14N4O4/c1-3-18-8(15)6-5-7(12-4-11-6)14-10(2,17)9(16)13-5/h4,9,13,16-17H,3H2,1-2H3,(H,11,12,14). The number of anilines is 2. The summed E-state index contributed by atoms with van der Waals surface area (Å²) in [6.07, 6.45) is -0.128. The third-order valence-corrected chi connectivity index (χ3v) is 2.50. The lowest BCUT2D eigenvalue weighted by molar-refractivity contribution is -0.0284. The van der Waals surface area contributed by atoms with Gasteiger partial charge < -0.3 is 25.6 Å². The molecule has 0 spiro atoms. The maximum Gasteiger partial charge on any atom is 0.359 e. The lowest BCUT2D eigenvalue weighted by Gasteiger charge is -2.36. The van der Waals surface area contributed by atoms with Gasteiger partial charge in [-0.05, 0) is 13.8 Å². The van der Waals surface area contributed by atoms with Crippen molar-refractivity contribution >= 4 is 17.5 Å². The summed E-state index contributed by atoms with van der Waals surface area (Å²) in [7, 11) is 0. The first-order valence-electron chi connectivity index (χ1n) is 5.43. The van der Waals surface area contributed by atoms with E-state index >= 15 is 0 Å². The number of nitrogens with zero attached hydrogens (tertiary/aromatic N) is 2. The van der Waals surface area contributed by atoms with Gasteiger partial charge in [0.1, 0.15) is 12.0 Å². The highest BCUT2D eigenvalue weighted by molar-refractivity contribution is 5.96. The summed E-state index contributed by atoms with van der Waals surface area (Å²) in [6.45, 7) is 3.27. The molecule has 2 atom stereocenters. The van der Waals surface area contributed by atoms with E-state index in [4.69, 9.17) is 4.74 Å². The van der Waals surface area contributed by atoms with E-state index in [9.17, 15) is 15.0 Å². The molecule has 1 aliphatic rings. The Morgan fingerprint density at radius 3 is 3.00 bits per heavy atom. The molecule has 2 heterocycles. The SMILES string of the molecule is CCOC(=O)c1ncnc2c1NC(O)C(C)(O)N2. The van der Waals surface area contributed by atoms with Crippen LogP contribution < -0.4 is 10.6 Å². The highest BCUT2D eigenvalue weighted by Crippen LogP contribution is 2.31. The summed E-state index contributed by atoms with van der Waals surface area (Å²) in [5.74, 6) is -0.400. The largest absolute Gasteiger partial charge is 0.461 e. The van der Waals surface area contributed by atoms with Gasteiger partial charge in [0, 0.05) is 0 Å². The number of hydrogen-bond donors (Lipinski definition) is 4. The molecule has 0 bridgehead atoms.